The van der Waals surface area contributed by atoms with Crippen molar-refractivity contribution in [3.05, 3.63) is 59.7 Å². The summed E-state index contributed by atoms with van der Waals surface area (Å²) >= 11 is 0. The molecule has 22 heavy (non-hydrogen) atoms. The number of phenols is 1. The highest BCUT2D eigenvalue weighted by Gasteiger charge is 2.21. The molecule has 2 rings (SSSR count). The number of benzene rings is 1. The molecule has 2 aromatic rings. The maximum atomic E-state index is 13.2. The monoisotopic (exact) mass is 302 g/mol. The molecular formula is C17H19FN2O2. The van der Waals surface area contributed by atoms with Crippen LogP contribution < -0.4 is 0 Å². The van der Waals surface area contributed by atoms with Gasteiger partial charge in [-0.3, -0.25) is 9.78 Å². The molecule has 0 radical (unpaired) electrons. The third-order valence-electron chi connectivity index (χ3n) is 3.65. The molecule has 1 amide bonds. The molecule has 116 valence electrons. The first-order chi connectivity index (χ1) is 10.5. The largest absolute Gasteiger partial charge is 0.505 e. The van der Waals surface area contributed by atoms with Crippen LogP contribution in [0.25, 0.3) is 0 Å². The van der Waals surface area contributed by atoms with Gasteiger partial charge >= 0.3 is 0 Å². The van der Waals surface area contributed by atoms with Crippen molar-refractivity contribution in [1.29, 1.82) is 0 Å². The number of carbonyl (C=O) groups is 1. The average Bonchev–Trinajstić information content (AvgIpc) is 2.55. The Balaban J connectivity index is 2.28. The van der Waals surface area contributed by atoms with Gasteiger partial charge in [0.25, 0.3) is 5.91 Å². The highest BCUT2D eigenvalue weighted by atomic mass is 19.1. The molecule has 1 atom stereocenters. The van der Waals surface area contributed by atoms with Gasteiger partial charge in [-0.2, -0.15) is 0 Å². The summed E-state index contributed by atoms with van der Waals surface area (Å²) in [6.45, 7) is 4.37. The lowest BCUT2D eigenvalue weighted by Gasteiger charge is -2.29. The van der Waals surface area contributed by atoms with Gasteiger partial charge in [0.2, 0.25) is 0 Å². The number of rotatable bonds is 5. The Morgan fingerprint density at radius 2 is 2.18 bits per heavy atom. The summed E-state index contributed by atoms with van der Waals surface area (Å²) < 4.78 is 13.2. The standard InChI is InChI=1S/C17H19FN2O2/c1-3-12(2)20(11-13-5-4-8-19-10-13)17(22)14-6-7-15(18)16(21)9-14/h4-10,12,21H,3,11H2,1-2H3/t12-/m1/s1. The van der Waals surface area contributed by atoms with E-state index < -0.39 is 11.6 Å². The number of phenolic OH excluding ortho intramolecular Hbond substituents is 1. The molecule has 0 bridgehead atoms. The number of amides is 1. The minimum Gasteiger partial charge on any atom is -0.505 e. The van der Waals surface area contributed by atoms with Crippen LogP contribution in [0.2, 0.25) is 0 Å². The van der Waals surface area contributed by atoms with Gasteiger partial charge in [0, 0.05) is 30.5 Å². The van der Waals surface area contributed by atoms with Gasteiger partial charge < -0.3 is 10.0 Å². The molecule has 0 aliphatic rings. The Kier molecular flexibility index (Phi) is 5.09. The van der Waals surface area contributed by atoms with Crippen molar-refractivity contribution in [2.45, 2.75) is 32.9 Å². The second-order valence-electron chi connectivity index (χ2n) is 5.22. The van der Waals surface area contributed by atoms with Crippen LogP contribution in [-0.2, 0) is 6.54 Å². The predicted octanol–water partition coefficient (Wildman–Crippen LogP) is 3.37. The summed E-state index contributed by atoms with van der Waals surface area (Å²) in [5, 5.41) is 9.46. The van der Waals surface area contributed by atoms with Crippen LogP contribution >= 0.6 is 0 Å². The van der Waals surface area contributed by atoms with Gasteiger partial charge in [0.15, 0.2) is 11.6 Å². The number of pyridine rings is 1. The Labute approximate surface area is 129 Å². The summed E-state index contributed by atoms with van der Waals surface area (Å²) in [5.41, 5.74) is 1.19. The second kappa shape index (κ2) is 7.02. The molecule has 0 spiro atoms. The van der Waals surface area contributed by atoms with Crippen molar-refractivity contribution in [2.24, 2.45) is 0 Å². The molecular weight excluding hydrogens is 283 g/mol. The number of aromatic hydroxyl groups is 1. The quantitative estimate of drug-likeness (QED) is 0.921. The van der Waals surface area contributed by atoms with Crippen LogP contribution in [0.15, 0.2) is 42.7 Å². The van der Waals surface area contributed by atoms with Crippen LogP contribution in [0.5, 0.6) is 5.75 Å². The number of carbonyl (C=O) groups excluding carboxylic acids is 1. The molecule has 1 aromatic heterocycles. The third-order valence-corrected chi connectivity index (χ3v) is 3.65. The van der Waals surface area contributed by atoms with Gasteiger partial charge in [-0.05, 0) is 43.2 Å². The topological polar surface area (TPSA) is 53.4 Å². The molecule has 0 fully saturated rings. The lowest BCUT2D eigenvalue weighted by atomic mass is 10.1. The van der Waals surface area contributed by atoms with Crippen molar-refractivity contribution < 1.29 is 14.3 Å². The van der Waals surface area contributed by atoms with Crippen LogP contribution in [0.4, 0.5) is 4.39 Å². The zero-order chi connectivity index (χ0) is 16.1. The van der Waals surface area contributed by atoms with Gasteiger partial charge in [-0.1, -0.05) is 13.0 Å². The molecule has 0 unspecified atom stereocenters. The van der Waals surface area contributed by atoms with Crippen molar-refractivity contribution in [2.75, 3.05) is 0 Å². The fourth-order valence-electron chi connectivity index (χ4n) is 2.15. The van der Waals surface area contributed by atoms with E-state index in [9.17, 15) is 14.3 Å². The van der Waals surface area contributed by atoms with Gasteiger partial charge in [-0.25, -0.2) is 4.39 Å². The summed E-state index contributed by atoms with van der Waals surface area (Å²) in [6.07, 6.45) is 4.18. The van der Waals surface area contributed by atoms with Crippen molar-refractivity contribution >= 4 is 5.91 Å². The fraction of sp³-hybridized carbons (Fsp3) is 0.294. The zero-order valence-corrected chi connectivity index (χ0v) is 12.7. The predicted molar refractivity (Wildman–Crippen MR) is 81.9 cm³/mol. The van der Waals surface area contributed by atoms with E-state index in [1.807, 2.05) is 26.0 Å². The maximum Gasteiger partial charge on any atom is 0.254 e. The molecule has 5 heteroatoms. The van der Waals surface area contributed by atoms with E-state index in [0.29, 0.717) is 6.54 Å². The Morgan fingerprint density at radius 1 is 1.41 bits per heavy atom. The third kappa shape index (κ3) is 3.61. The lowest BCUT2D eigenvalue weighted by molar-refractivity contribution is 0.0671. The first-order valence-corrected chi connectivity index (χ1v) is 7.21. The van der Waals surface area contributed by atoms with Crippen molar-refractivity contribution in [3.63, 3.8) is 0 Å². The van der Waals surface area contributed by atoms with E-state index in [1.165, 1.54) is 6.07 Å². The van der Waals surface area contributed by atoms with Crippen molar-refractivity contribution in [1.82, 2.24) is 9.88 Å². The summed E-state index contributed by atoms with van der Waals surface area (Å²) in [6, 6.07) is 7.38. The van der Waals surface area contributed by atoms with E-state index in [0.717, 1.165) is 24.1 Å². The van der Waals surface area contributed by atoms with Gasteiger partial charge in [-0.15, -0.1) is 0 Å². The van der Waals surface area contributed by atoms with Crippen LogP contribution in [0.3, 0.4) is 0 Å². The highest BCUT2D eigenvalue weighted by molar-refractivity contribution is 5.94. The summed E-state index contributed by atoms with van der Waals surface area (Å²) in [7, 11) is 0. The fourth-order valence-corrected chi connectivity index (χ4v) is 2.15. The van der Waals surface area contributed by atoms with Crippen LogP contribution in [0.1, 0.15) is 36.2 Å². The minimum absolute atomic E-state index is 0.0138. The Morgan fingerprint density at radius 3 is 2.77 bits per heavy atom. The molecule has 0 aliphatic heterocycles. The number of hydrogen-bond donors (Lipinski definition) is 1. The summed E-state index contributed by atoms with van der Waals surface area (Å²) in [4.78, 5) is 18.4. The number of aromatic nitrogens is 1. The van der Waals surface area contributed by atoms with Crippen LogP contribution in [-0.4, -0.2) is 26.9 Å². The van der Waals surface area contributed by atoms with E-state index in [2.05, 4.69) is 4.98 Å². The SMILES string of the molecule is CC[C@@H](C)N(Cc1cccnc1)C(=O)c1ccc(F)c(O)c1. The first-order valence-electron chi connectivity index (χ1n) is 7.21. The maximum absolute atomic E-state index is 13.2. The number of hydrogen-bond acceptors (Lipinski definition) is 3. The van der Waals surface area contributed by atoms with E-state index in [4.69, 9.17) is 0 Å². The smallest absolute Gasteiger partial charge is 0.254 e. The Hall–Kier alpha value is -2.43. The highest BCUT2D eigenvalue weighted by Crippen LogP contribution is 2.20. The van der Waals surface area contributed by atoms with E-state index >= 15 is 0 Å². The first kappa shape index (κ1) is 15.9. The average molecular weight is 302 g/mol. The Bertz CT molecular complexity index is 646. The molecule has 4 nitrogen and oxygen atoms in total. The molecule has 0 saturated heterocycles. The number of nitrogens with zero attached hydrogens (tertiary/aromatic N) is 2. The normalized spacial score (nSPS) is 12.0. The lowest BCUT2D eigenvalue weighted by Crippen LogP contribution is -2.37. The zero-order valence-electron chi connectivity index (χ0n) is 12.7. The minimum atomic E-state index is -0.737. The van der Waals surface area contributed by atoms with Crippen molar-refractivity contribution in [3.8, 4) is 5.75 Å². The second-order valence-corrected chi connectivity index (χ2v) is 5.22. The summed E-state index contributed by atoms with van der Waals surface area (Å²) in [5.74, 6) is -1.50. The van der Waals surface area contributed by atoms with E-state index in [-0.39, 0.29) is 17.5 Å². The molecule has 1 heterocycles. The van der Waals surface area contributed by atoms with Gasteiger partial charge in [0.05, 0.1) is 0 Å². The van der Waals surface area contributed by atoms with Gasteiger partial charge in [0.1, 0.15) is 0 Å². The van der Waals surface area contributed by atoms with Crippen LogP contribution in [0, 0.1) is 5.82 Å². The van der Waals surface area contributed by atoms with E-state index in [1.54, 1.807) is 17.3 Å². The molecule has 1 N–H and O–H groups in total. The molecule has 0 aliphatic carbocycles. The molecule has 1 aromatic carbocycles. The molecule has 0 saturated carbocycles. The number of halogens is 1.